The Morgan fingerprint density at radius 2 is 0.679 bits per heavy atom. The van der Waals surface area contributed by atoms with Gasteiger partial charge >= 0.3 is 19.8 Å². The second-order valence-corrected chi connectivity index (χ2v) is 24.8. The van der Waals surface area contributed by atoms with Crippen molar-refractivity contribution >= 4 is 19.8 Å². The van der Waals surface area contributed by atoms with Gasteiger partial charge in [0.25, 0.3) is 0 Å². The molecule has 0 aromatic heterocycles. The lowest BCUT2D eigenvalue weighted by molar-refractivity contribution is -0.161. The minimum absolute atomic E-state index is 0.0541. The number of unbranched alkanes of at least 4 members (excludes halogenated alkanes) is 43. The molecule has 0 fully saturated rings. The Bertz CT molecular complexity index is 1510. The van der Waals surface area contributed by atoms with Gasteiger partial charge in [0.1, 0.15) is 6.61 Å². The third-order valence-electron chi connectivity index (χ3n) is 15.4. The largest absolute Gasteiger partial charge is 0.472 e. The third-order valence-corrected chi connectivity index (χ3v) is 16.4. The molecule has 2 unspecified atom stereocenters. The molecule has 3 N–H and O–H groups in total. The van der Waals surface area contributed by atoms with Gasteiger partial charge in [-0.05, 0) is 77.0 Å². The predicted octanol–water partition coefficient (Wildman–Crippen LogP) is 22.6. The number of allylic oxidation sites excluding steroid dienone is 10. The highest BCUT2D eigenvalue weighted by Gasteiger charge is 2.26. The van der Waals surface area contributed by atoms with Crippen LogP contribution in [0.4, 0.5) is 0 Å². The summed E-state index contributed by atoms with van der Waals surface area (Å²) in [4.78, 5) is 35.4. The molecule has 0 rings (SSSR count). The molecule has 474 valence electrons. The van der Waals surface area contributed by atoms with E-state index in [1.54, 1.807) is 0 Å². The number of ether oxygens (including phenoxy) is 2. The molecule has 0 saturated carbocycles. The Labute approximate surface area is 501 Å². The molecule has 0 aliphatic carbocycles. The van der Waals surface area contributed by atoms with Gasteiger partial charge in [-0.15, -0.1) is 0 Å². The fourth-order valence-electron chi connectivity index (χ4n) is 10.3. The highest BCUT2D eigenvalue weighted by atomic mass is 31.2. The van der Waals surface area contributed by atoms with Crippen molar-refractivity contribution in [1.82, 2.24) is 0 Å². The highest BCUT2D eigenvalue weighted by Crippen LogP contribution is 2.43. The summed E-state index contributed by atoms with van der Waals surface area (Å²) in [6.07, 6.45) is 86.0. The molecule has 0 saturated heterocycles. The second-order valence-electron chi connectivity index (χ2n) is 23.4. The minimum Gasteiger partial charge on any atom is -0.462 e. The summed E-state index contributed by atoms with van der Waals surface area (Å²) < 4.78 is 33.2. The molecular formula is C71H132NO8P. The van der Waals surface area contributed by atoms with E-state index in [4.69, 9.17) is 24.3 Å². The first-order chi connectivity index (χ1) is 39.8. The number of phosphoric ester groups is 1. The van der Waals surface area contributed by atoms with Gasteiger partial charge in [0, 0.05) is 19.4 Å². The first-order valence-electron chi connectivity index (χ1n) is 34.8. The summed E-state index contributed by atoms with van der Waals surface area (Å²) in [5, 5.41) is 0. The molecule has 0 aliphatic rings. The number of esters is 2. The van der Waals surface area contributed by atoms with Crippen LogP contribution < -0.4 is 5.73 Å². The fraction of sp³-hybridized carbons (Fsp3) is 0.831. The highest BCUT2D eigenvalue weighted by molar-refractivity contribution is 7.47. The summed E-state index contributed by atoms with van der Waals surface area (Å²) >= 11 is 0. The van der Waals surface area contributed by atoms with Gasteiger partial charge in [-0.3, -0.25) is 18.6 Å². The first kappa shape index (κ1) is 78.7. The molecule has 0 bridgehead atoms. The summed E-state index contributed by atoms with van der Waals surface area (Å²) in [5.41, 5.74) is 5.40. The monoisotopic (exact) mass is 1160 g/mol. The van der Waals surface area contributed by atoms with Gasteiger partial charge in [-0.25, -0.2) is 4.57 Å². The van der Waals surface area contributed by atoms with Crippen LogP contribution in [0.1, 0.15) is 348 Å². The van der Waals surface area contributed by atoms with E-state index in [0.717, 1.165) is 64.2 Å². The van der Waals surface area contributed by atoms with Crippen molar-refractivity contribution in [2.75, 3.05) is 26.4 Å². The maximum Gasteiger partial charge on any atom is 0.472 e. The van der Waals surface area contributed by atoms with Crippen molar-refractivity contribution in [1.29, 1.82) is 0 Å². The van der Waals surface area contributed by atoms with Crippen LogP contribution >= 0.6 is 7.82 Å². The van der Waals surface area contributed by atoms with Crippen LogP contribution in [0.25, 0.3) is 0 Å². The Hall–Kier alpha value is -2.29. The zero-order valence-corrected chi connectivity index (χ0v) is 54.2. The van der Waals surface area contributed by atoms with Gasteiger partial charge in [-0.2, -0.15) is 0 Å². The lowest BCUT2D eigenvalue weighted by Gasteiger charge is -2.19. The smallest absolute Gasteiger partial charge is 0.462 e. The second kappa shape index (κ2) is 66.8. The molecule has 0 spiro atoms. The Balaban J connectivity index is 3.84. The van der Waals surface area contributed by atoms with Crippen molar-refractivity contribution in [2.45, 2.75) is 354 Å². The van der Waals surface area contributed by atoms with Crippen LogP contribution in [0, 0.1) is 0 Å². The zero-order valence-electron chi connectivity index (χ0n) is 53.3. The molecule has 0 aromatic rings. The third kappa shape index (κ3) is 66.7. The van der Waals surface area contributed by atoms with E-state index >= 15 is 0 Å². The van der Waals surface area contributed by atoms with Crippen LogP contribution in [0.3, 0.4) is 0 Å². The molecular weight excluding hydrogens is 1030 g/mol. The van der Waals surface area contributed by atoms with Crippen LogP contribution in [-0.2, 0) is 32.7 Å². The van der Waals surface area contributed by atoms with Crippen molar-refractivity contribution in [3.8, 4) is 0 Å². The van der Waals surface area contributed by atoms with Crippen molar-refractivity contribution in [3.63, 3.8) is 0 Å². The van der Waals surface area contributed by atoms with Gasteiger partial charge in [0.15, 0.2) is 6.10 Å². The van der Waals surface area contributed by atoms with E-state index in [2.05, 4.69) is 74.6 Å². The van der Waals surface area contributed by atoms with E-state index in [-0.39, 0.29) is 38.6 Å². The molecule has 0 aromatic carbocycles. The normalized spacial score (nSPS) is 13.3. The van der Waals surface area contributed by atoms with E-state index in [0.29, 0.717) is 6.42 Å². The first-order valence-corrected chi connectivity index (χ1v) is 36.3. The maximum absolute atomic E-state index is 12.8. The molecule has 0 amide bonds. The minimum atomic E-state index is -4.39. The van der Waals surface area contributed by atoms with E-state index in [1.165, 1.54) is 250 Å². The number of hydrogen-bond acceptors (Lipinski definition) is 8. The zero-order chi connectivity index (χ0) is 58.7. The summed E-state index contributed by atoms with van der Waals surface area (Å²) in [6, 6.07) is 0. The predicted molar refractivity (Wildman–Crippen MR) is 349 cm³/mol. The number of hydrogen-bond donors (Lipinski definition) is 2. The number of carbonyl (C=O) groups excluding carboxylic acids is 2. The lowest BCUT2D eigenvalue weighted by Crippen LogP contribution is -2.29. The number of phosphoric acid groups is 1. The summed E-state index contributed by atoms with van der Waals surface area (Å²) in [6.45, 7) is 3.69. The molecule has 0 heterocycles. The average molecular weight is 1160 g/mol. The van der Waals surface area contributed by atoms with Crippen LogP contribution in [0.15, 0.2) is 60.8 Å². The maximum atomic E-state index is 12.8. The topological polar surface area (TPSA) is 134 Å². The van der Waals surface area contributed by atoms with E-state index in [1.807, 2.05) is 0 Å². The molecule has 0 radical (unpaired) electrons. The molecule has 9 nitrogen and oxygen atoms in total. The average Bonchev–Trinajstić information content (AvgIpc) is 3.46. The van der Waals surface area contributed by atoms with Gasteiger partial charge in [-0.1, -0.05) is 319 Å². The summed E-state index contributed by atoms with van der Waals surface area (Å²) in [5.74, 6) is -0.810. The van der Waals surface area contributed by atoms with Gasteiger partial charge < -0.3 is 20.1 Å². The lowest BCUT2D eigenvalue weighted by atomic mass is 10.0. The number of carbonyl (C=O) groups is 2. The van der Waals surface area contributed by atoms with Gasteiger partial charge in [0.05, 0.1) is 13.2 Å². The van der Waals surface area contributed by atoms with E-state index < -0.39 is 26.5 Å². The number of nitrogens with two attached hydrogens (primary N) is 1. The Morgan fingerprint density at radius 3 is 1.02 bits per heavy atom. The van der Waals surface area contributed by atoms with Crippen molar-refractivity contribution in [3.05, 3.63) is 60.8 Å². The van der Waals surface area contributed by atoms with Crippen molar-refractivity contribution in [2.24, 2.45) is 5.73 Å². The summed E-state index contributed by atoms with van der Waals surface area (Å²) in [7, 11) is -4.39. The molecule has 2 atom stereocenters. The van der Waals surface area contributed by atoms with Crippen LogP contribution in [0.5, 0.6) is 0 Å². The quantitative estimate of drug-likeness (QED) is 0.0264. The van der Waals surface area contributed by atoms with Gasteiger partial charge in [0.2, 0.25) is 0 Å². The van der Waals surface area contributed by atoms with Crippen LogP contribution in [0.2, 0.25) is 0 Å². The standard InChI is InChI=1S/C71H132NO8P/c1-3-5-7-9-11-13-15-17-19-21-23-25-27-29-31-33-34-36-37-39-41-43-45-47-49-51-53-55-57-59-61-63-70(73)77-67-69(68-79-81(75,76)78-66-65-72)80-71(74)64-62-60-58-56-54-52-50-48-46-44-42-40-38-35-32-30-28-26-24-22-20-18-16-14-12-10-8-6-4-2/h6,8,12,14,18,20-21,23-24,26,69H,3-5,7,9-11,13,15-17,19,22,25,27-68,72H2,1-2H3,(H,75,76)/b8-6-,14-12-,20-18-,23-21-,26-24-. The Morgan fingerprint density at radius 1 is 0.383 bits per heavy atom. The molecule has 0 aliphatic heterocycles. The van der Waals surface area contributed by atoms with Crippen LogP contribution in [-0.4, -0.2) is 49.3 Å². The molecule has 81 heavy (non-hydrogen) atoms. The SMILES string of the molecule is CC/C=C\C/C=C\C/C=C\C/C=C\CCCCCCCCCCCCCCCCCCC(=O)OC(COC(=O)CCCCCCCCCCCCCCCCCCCCC/C=C\CCCCCCCCCC)COP(=O)(O)OCCN. The molecule has 10 heteroatoms. The Kier molecular flexibility index (Phi) is 65.0. The van der Waals surface area contributed by atoms with E-state index in [9.17, 15) is 19.0 Å². The number of rotatable bonds is 66. The van der Waals surface area contributed by atoms with Crippen molar-refractivity contribution < 1.29 is 37.6 Å². The fourth-order valence-corrected chi connectivity index (χ4v) is 11.0.